The minimum Gasteiger partial charge on any atom is -0.457 e. The summed E-state index contributed by atoms with van der Waals surface area (Å²) in [5.74, 6) is 4.80. The van der Waals surface area contributed by atoms with Crippen LogP contribution in [-0.4, -0.2) is 28.6 Å². The number of carbonyl (C=O) groups excluding carboxylic acids is 2. The summed E-state index contributed by atoms with van der Waals surface area (Å²) < 4.78 is 6.33. The van der Waals surface area contributed by atoms with Gasteiger partial charge in [0.05, 0.1) is 11.0 Å². The van der Waals surface area contributed by atoms with Crippen molar-refractivity contribution in [1.82, 2.24) is 0 Å². The lowest BCUT2D eigenvalue weighted by Gasteiger charge is -2.56. The zero-order valence-electron chi connectivity index (χ0n) is 27.0. The first-order valence-corrected chi connectivity index (χ1v) is 17.7. The molecule has 1 N–H and O–H groups in total. The number of hydrogen-bond acceptors (Lipinski definition) is 4. The van der Waals surface area contributed by atoms with Gasteiger partial charge in [-0.1, -0.05) is 45.3 Å². The first-order chi connectivity index (χ1) is 19.8. The van der Waals surface area contributed by atoms with Crippen LogP contribution in [0, 0.1) is 63.6 Å². The van der Waals surface area contributed by atoms with Crippen LogP contribution in [0.1, 0.15) is 125 Å². The molecule has 6 saturated carbocycles. The number of fused-ring (bicyclic) bond motifs is 5. The lowest BCUT2D eigenvalue weighted by atomic mass is 9.47. The van der Waals surface area contributed by atoms with Gasteiger partial charge in [0.2, 0.25) is 0 Å². The molecule has 0 aromatic heterocycles. The van der Waals surface area contributed by atoms with E-state index in [1.54, 1.807) is 0 Å². The molecule has 0 radical (unpaired) electrons. The van der Waals surface area contributed by atoms with Crippen LogP contribution < -0.4 is 0 Å². The minimum absolute atomic E-state index is 0.0579. The Balaban J connectivity index is 1.04. The SMILES string of the molecule is C[C@H](CCCC(C)(C)O)[C@H]1CC[C@H]2[C@@H]3C(=O)C=C4CC(OC(=O)C56CC7CC(CC(C7)C5)C6)C=C[C@]4(C)[C@H]3CC[C@]12C. The van der Waals surface area contributed by atoms with Gasteiger partial charge in [0.25, 0.3) is 0 Å². The van der Waals surface area contributed by atoms with Crippen LogP contribution in [0.2, 0.25) is 0 Å². The summed E-state index contributed by atoms with van der Waals surface area (Å²) in [6, 6.07) is 0. The molecule has 0 spiro atoms. The van der Waals surface area contributed by atoms with Gasteiger partial charge in [-0.3, -0.25) is 9.59 Å². The molecule has 0 aromatic carbocycles. The summed E-state index contributed by atoms with van der Waals surface area (Å²) in [5.41, 5.74) is 0.496. The van der Waals surface area contributed by atoms with E-state index in [9.17, 15) is 14.7 Å². The smallest absolute Gasteiger partial charge is 0.312 e. The van der Waals surface area contributed by atoms with E-state index in [0.29, 0.717) is 35.9 Å². The fourth-order valence-electron chi connectivity index (χ4n) is 12.7. The van der Waals surface area contributed by atoms with Gasteiger partial charge in [0.1, 0.15) is 6.10 Å². The van der Waals surface area contributed by atoms with Crippen molar-refractivity contribution in [2.75, 3.05) is 0 Å². The average Bonchev–Trinajstić information content (AvgIpc) is 3.25. The number of ketones is 1. The minimum atomic E-state index is -0.590. The van der Waals surface area contributed by atoms with Gasteiger partial charge >= 0.3 is 5.97 Å². The highest BCUT2D eigenvalue weighted by atomic mass is 16.5. The molecule has 0 aliphatic heterocycles. The fourth-order valence-corrected chi connectivity index (χ4v) is 12.7. The Morgan fingerprint density at radius 1 is 1.05 bits per heavy atom. The van der Waals surface area contributed by atoms with Crippen molar-refractivity contribution < 1.29 is 19.4 Å². The topological polar surface area (TPSA) is 63.6 Å². The molecule has 0 heterocycles. The summed E-state index contributed by atoms with van der Waals surface area (Å²) >= 11 is 0. The second-order valence-corrected chi connectivity index (χ2v) is 17.7. The molecule has 8 aliphatic rings. The summed E-state index contributed by atoms with van der Waals surface area (Å²) in [5, 5.41) is 10.2. The monoisotopic (exact) mass is 576 g/mol. The van der Waals surface area contributed by atoms with E-state index in [0.717, 1.165) is 69.1 Å². The van der Waals surface area contributed by atoms with Gasteiger partial charge in [-0.25, -0.2) is 0 Å². The Morgan fingerprint density at radius 3 is 2.36 bits per heavy atom. The molecule has 6 fully saturated rings. The Morgan fingerprint density at radius 2 is 1.71 bits per heavy atom. The van der Waals surface area contributed by atoms with E-state index in [1.807, 2.05) is 19.9 Å². The lowest BCUT2D eigenvalue weighted by molar-refractivity contribution is -0.175. The molecule has 42 heavy (non-hydrogen) atoms. The van der Waals surface area contributed by atoms with Crippen LogP contribution >= 0.6 is 0 Å². The van der Waals surface area contributed by atoms with Crippen LogP contribution in [0.4, 0.5) is 0 Å². The zero-order chi connectivity index (χ0) is 29.7. The molecule has 8 rings (SSSR count). The van der Waals surface area contributed by atoms with Gasteiger partial charge in [-0.05, 0) is 143 Å². The van der Waals surface area contributed by atoms with E-state index >= 15 is 0 Å². The molecule has 1 unspecified atom stereocenters. The van der Waals surface area contributed by atoms with Crippen molar-refractivity contribution in [3.63, 3.8) is 0 Å². The number of rotatable bonds is 7. The van der Waals surface area contributed by atoms with Crippen LogP contribution in [0.5, 0.6) is 0 Å². The molecule has 8 atom stereocenters. The van der Waals surface area contributed by atoms with E-state index in [4.69, 9.17) is 4.74 Å². The number of ether oxygens (including phenoxy) is 1. The predicted octanol–water partition coefficient (Wildman–Crippen LogP) is 8.23. The normalized spacial score (nSPS) is 47.9. The molecular weight excluding hydrogens is 520 g/mol. The lowest BCUT2D eigenvalue weighted by Crippen LogP contribution is -2.53. The van der Waals surface area contributed by atoms with Crippen molar-refractivity contribution in [2.24, 2.45) is 63.6 Å². The highest BCUT2D eigenvalue weighted by molar-refractivity contribution is 5.95. The molecule has 232 valence electrons. The third kappa shape index (κ3) is 4.71. The number of esters is 1. The summed E-state index contributed by atoms with van der Waals surface area (Å²) in [6.45, 7) is 11.1. The van der Waals surface area contributed by atoms with Crippen molar-refractivity contribution in [2.45, 2.75) is 136 Å². The Hall–Kier alpha value is -1.42. The van der Waals surface area contributed by atoms with Gasteiger partial charge in [0, 0.05) is 17.8 Å². The maximum atomic E-state index is 14.0. The van der Waals surface area contributed by atoms with Crippen molar-refractivity contribution in [1.29, 1.82) is 0 Å². The quantitative estimate of drug-likeness (QED) is 0.245. The number of aliphatic hydroxyl groups is 1. The van der Waals surface area contributed by atoms with Gasteiger partial charge in [-0.15, -0.1) is 0 Å². The first kappa shape index (κ1) is 29.3. The molecule has 4 nitrogen and oxygen atoms in total. The predicted molar refractivity (Wildman–Crippen MR) is 165 cm³/mol. The maximum Gasteiger partial charge on any atom is 0.312 e. The third-order valence-corrected chi connectivity index (χ3v) is 14.4. The summed E-state index contributed by atoms with van der Waals surface area (Å²) in [6.07, 6.45) is 21.9. The highest BCUT2D eigenvalue weighted by Crippen LogP contribution is 2.66. The Labute approximate surface area is 254 Å². The Bertz CT molecular complexity index is 1140. The number of allylic oxidation sites excluding steroid dienone is 2. The molecule has 0 saturated heterocycles. The summed E-state index contributed by atoms with van der Waals surface area (Å²) in [4.78, 5) is 27.7. The van der Waals surface area contributed by atoms with E-state index in [2.05, 4.69) is 32.9 Å². The second-order valence-electron chi connectivity index (χ2n) is 17.7. The average molecular weight is 577 g/mol. The molecule has 4 bridgehead atoms. The highest BCUT2D eigenvalue weighted by Gasteiger charge is 2.61. The molecule has 0 amide bonds. The fraction of sp³-hybridized carbons (Fsp3) is 0.842. The first-order valence-electron chi connectivity index (χ1n) is 17.7. The zero-order valence-corrected chi connectivity index (χ0v) is 27.0. The van der Waals surface area contributed by atoms with Crippen LogP contribution in [-0.2, 0) is 14.3 Å². The maximum absolute atomic E-state index is 14.0. The molecule has 4 heteroatoms. The van der Waals surface area contributed by atoms with Crippen LogP contribution in [0.3, 0.4) is 0 Å². The largest absolute Gasteiger partial charge is 0.457 e. The van der Waals surface area contributed by atoms with Crippen LogP contribution in [0.15, 0.2) is 23.8 Å². The number of carbonyl (C=O) groups is 2. The number of hydrogen-bond donors (Lipinski definition) is 1. The molecule has 8 aliphatic carbocycles. The standard InChI is InChI=1S/C38H56O4/c1-23(7-6-12-35(2,3)41)29-8-9-30-33-31(11-14-37(29,30)5)36(4)13-10-28(18-27(36)19-32(33)39)42-34(40)38-20-24-15-25(21-38)17-26(16-24)22-38/h10,13,19,23-26,28-31,33,41H,6-9,11-12,14-18,20-22H2,1-5H3/t23-,24?,25?,26?,28?,29-,30+,31+,33+,36+,37-,38?/m1/s1. The molecule has 0 aromatic rings. The van der Waals surface area contributed by atoms with E-state index in [-0.39, 0.29) is 34.2 Å². The second kappa shape index (κ2) is 10.0. The van der Waals surface area contributed by atoms with Gasteiger partial charge in [-0.2, -0.15) is 0 Å². The molecular formula is C38H56O4. The van der Waals surface area contributed by atoms with Gasteiger partial charge in [0.15, 0.2) is 5.78 Å². The third-order valence-electron chi connectivity index (χ3n) is 14.4. The van der Waals surface area contributed by atoms with Crippen molar-refractivity contribution in [3.8, 4) is 0 Å². The Kier molecular flexibility index (Phi) is 7.01. The van der Waals surface area contributed by atoms with Gasteiger partial charge < -0.3 is 9.84 Å². The van der Waals surface area contributed by atoms with Crippen molar-refractivity contribution >= 4 is 11.8 Å². The van der Waals surface area contributed by atoms with Crippen LogP contribution in [0.25, 0.3) is 0 Å². The van der Waals surface area contributed by atoms with E-state index < -0.39 is 5.60 Å². The van der Waals surface area contributed by atoms with Crippen molar-refractivity contribution in [3.05, 3.63) is 23.8 Å². The summed E-state index contributed by atoms with van der Waals surface area (Å²) in [7, 11) is 0. The van der Waals surface area contributed by atoms with E-state index in [1.165, 1.54) is 37.7 Å².